The number of hydrogen-bond donors (Lipinski definition) is 0. The van der Waals surface area contributed by atoms with Crippen molar-refractivity contribution in [3.63, 3.8) is 0 Å². The molecule has 0 radical (unpaired) electrons. The van der Waals surface area contributed by atoms with Crippen LogP contribution in [0.2, 0.25) is 5.28 Å². The van der Waals surface area contributed by atoms with Crippen LogP contribution in [0.25, 0.3) is 11.3 Å². The van der Waals surface area contributed by atoms with Crippen molar-refractivity contribution < 1.29 is 4.74 Å². The minimum absolute atomic E-state index is 0.468. The molecule has 0 amide bonds. The van der Waals surface area contributed by atoms with E-state index in [0.717, 1.165) is 17.0 Å². The Morgan fingerprint density at radius 2 is 2.07 bits per heavy atom. The molecule has 0 N–H and O–H groups in total. The van der Waals surface area contributed by atoms with Crippen molar-refractivity contribution in [2.45, 2.75) is 0 Å². The molecule has 0 unspecified atom stereocenters. The summed E-state index contributed by atoms with van der Waals surface area (Å²) in [7, 11) is 3.52. The molecule has 0 saturated heterocycles. The van der Waals surface area contributed by atoms with Gasteiger partial charge in [-0.15, -0.1) is 0 Å². The number of para-hydroxylation sites is 1. The number of rotatable bonds is 2. The second kappa shape index (κ2) is 3.95. The van der Waals surface area contributed by atoms with E-state index < -0.39 is 0 Å². The fourth-order valence-electron chi connectivity index (χ4n) is 1.49. The molecule has 2 rings (SSSR count). The third kappa shape index (κ3) is 1.70. The maximum Gasteiger partial charge on any atom is 0.202 e. The van der Waals surface area contributed by atoms with Crippen LogP contribution in [-0.2, 0) is 7.05 Å². The summed E-state index contributed by atoms with van der Waals surface area (Å²) in [5, 5.41) is 0.468. The largest absolute Gasteiger partial charge is 0.496 e. The number of nitrogens with zero attached hydrogens (tertiary/aromatic N) is 2. The highest BCUT2D eigenvalue weighted by atomic mass is 35.5. The van der Waals surface area contributed by atoms with Gasteiger partial charge in [0.05, 0.1) is 19.0 Å². The predicted octanol–water partition coefficient (Wildman–Crippen LogP) is 2.75. The molecule has 15 heavy (non-hydrogen) atoms. The maximum absolute atomic E-state index is 5.89. The van der Waals surface area contributed by atoms with Gasteiger partial charge in [0.25, 0.3) is 0 Å². The minimum atomic E-state index is 0.468. The molecule has 3 nitrogen and oxygen atoms in total. The highest BCUT2D eigenvalue weighted by molar-refractivity contribution is 6.28. The van der Waals surface area contributed by atoms with E-state index in [-0.39, 0.29) is 0 Å². The van der Waals surface area contributed by atoms with Gasteiger partial charge in [0.2, 0.25) is 5.28 Å². The van der Waals surface area contributed by atoms with Gasteiger partial charge < -0.3 is 9.30 Å². The first-order chi connectivity index (χ1) is 7.24. The average Bonchev–Trinajstić information content (AvgIpc) is 2.60. The Morgan fingerprint density at radius 3 is 2.67 bits per heavy atom. The average molecular weight is 223 g/mol. The smallest absolute Gasteiger partial charge is 0.202 e. The molecule has 4 heteroatoms. The van der Waals surface area contributed by atoms with Crippen LogP contribution >= 0.6 is 11.6 Å². The fraction of sp³-hybridized carbons (Fsp3) is 0.182. The molecular formula is C11H11ClN2O. The van der Waals surface area contributed by atoms with Crippen LogP contribution in [0.5, 0.6) is 5.75 Å². The molecule has 1 heterocycles. The zero-order valence-electron chi connectivity index (χ0n) is 8.57. The summed E-state index contributed by atoms with van der Waals surface area (Å²) < 4.78 is 7.10. The van der Waals surface area contributed by atoms with Crippen molar-refractivity contribution in [1.29, 1.82) is 0 Å². The summed E-state index contributed by atoms with van der Waals surface area (Å²) in [5.74, 6) is 0.817. The normalized spacial score (nSPS) is 10.3. The van der Waals surface area contributed by atoms with E-state index in [1.54, 1.807) is 13.3 Å². The molecular weight excluding hydrogens is 212 g/mol. The number of halogens is 1. The van der Waals surface area contributed by atoms with E-state index in [4.69, 9.17) is 16.3 Å². The summed E-state index contributed by atoms with van der Waals surface area (Å²) in [5.41, 5.74) is 1.93. The van der Waals surface area contributed by atoms with Gasteiger partial charge in [-0.25, -0.2) is 4.98 Å². The third-order valence-electron chi connectivity index (χ3n) is 2.31. The number of benzene rings is 1. The monoisotopic (exact) mass is 222 g/mol. The highest BCUT2D eigenvalue weighted by Crippen LogP contribution is 2.30. The van der Waals surface area contributed by atoms with Gasteiger partial charge >= 0.3 is 0 Å². The molecule has 0 bridgehead atoms. The molecule has 1 aromatic carbocycles. The first-order valence-corrected chi connectivity index (χ1v) is 4.92. The molecule has 1 aromatic heterocycles. The van der Waals surface area contributed by atoms with E-state index >= 15 is 0 Å². The zero-order valence-corrected chi connectivity index (χ0v) is 9.32. The predicted molar refractivity (Wildman–Crippen MR) is 60.2 cm³/mol. The van der Waals surface area contributed by atoms with Gasteiger partial charge in [0.15, 0.2) is 0 Å². The first kappa shape index (κ1) is 10.1. The van der Waals surface area contributed by atoms with Crippen LogP contribution in [0.3, 0.4) is 0 Å². The number of ether oxygens (including phenoxy) is 1. The Bertz CT molecular complexity index is 479. The van der Waals surface area contributed by atoms with Crippen LogP contribution in [0.1, 0.15) is 0 Å². The second-order valence-electron chi connectivity index (χ2n) is 3.17. The summed E-state index contributed by atoms with van der Waals surface area (Å²) in [6.45, 7) is 0. The highest BCUT2D eigenvalue weighted by Gasteiger charge is 2.10. The van der Waals surface area contributed by atoms with Crippen molar-refractivity contribution >= 4 is 11.6 Å². The molecule has 2 aromatic rings. The Kier molecular flexibility index (Phi) is 2.64. The van der Waals surface area contributed by atoms with Crippen molar-refractivity contribution in [3.8, 4) is 17.0 Å². The molecule has 0 aliphatic carbocycles. The van der Waals surface area contributed by atoms with Crippen LogP contribution in [-0.4, -0.2) is 16.7 Å². The van der Waals surface area contributed by atoms with Gasteiger partial charge in [-0.3, -0.25) is 0 Å². The Balaban J connectivity index is 2.58. The van der Waals surface area contributed by atoms with Gasteiger partial charge in [0.1, 0.15) is 5.75 Å². The van der Waals surface area contributed by atoms with Crippen molar-refractivity contribution in [2.24, 2.45) is 7.05 Å². The first-order valence-electron chi connectivity index (χ1n) is 4.54. The van der Waals surface area contributed by atoms with Crippen molar-refractivity contribution in [3.05, 3.63) is 35.7 Å². The van der Waals surface area contributed by atoms with E-state index in [0.29, 0.717) is 5.28 Å². The Morgan fingerprint density at radius 1 is 1.33 bits per heavy atom. The van der Waals surface area contributed by atoms with Crippen molar-refractivity contribution in [2.75, 3.05) is 7.11 Å². The van der Waals surface area contributed by atoms with E-state index in [1.807, 2.05) is 35.9 Å². The third-order valence-corrected chi connectivity index (χ3v) is 2.67. The lowest BCUT2D eigenvalue weighted by Gasteiger charge is -2.08. The fourth-order valence-corrected chi connectivity index (χ4v) is 1.63. The summed E-state index contributed by atoms with van der Waals surface area (Å²) in [6, 6.07) is 7.78. The number of methoxy groups -OCH3 is 1. The molecule has 0 atom stereocenters. The number of imidazole rings is 1. The quantitative estimate of drug-likeness (QED) is 0.781. The maximum atomic E-state index is 5.89. The Labute approximate surface area is 93.3 Å². The summed E-state index contributed by atoms with van der Waals surface area (Å²) in [4.78, 5) is 4.04. The van der Waals surface area contributed by atoms with Crippen molar-refractivity contribution in [1.82, 2.24) is 9.55 Å². The van der Waals surface area contributed by atoms with Crippen LogP contribution < -0.4 is 4.74 Å². The molecule has 0 spiro atoms. The van der Waals surface area contributed by atoms with E-state index in [2.05, 4.69) is 4.98 Å². The molecule has 0 fully saturated rings. The van der Waals surface area contributed by atoms with Crippen LogP contribution in [0.4, 0.5) is 0 Å². The summed E-state index contributed by atoms with van der Waals surface area (Å²) >= 11 is 5.89. The van der Waals surface area contributed by atoms with E-state index in [1.165, 1.54) is 0 Å². The van der Waals surface area contributed by atoms with E-state index in [9.17, 15) is 0 Å². The molecule has 0 aliphatic rings. The minimum Gasteiger partial charge on any atom is -0.496 e. The number of aromatic nitrogens is 2. The topological polar surface area (TPSA) is 27.1 Å². The molecule has 0 saturated carbocycles. The van der Waals surface area contributed by atoms with Gasteiger partial charge in [-0.1, -0.05) is 12.1 Å². The SMILES string of the molecule is COc1ccccc1-c1cnc(Cl)n1C. The summed E-state index contributed by atoms with van der Waals surface area (Å²) in [6.07, 6.45) is 1.74. The van der Waals surface area contributed by atoms with Crippen LogP contribution in [0.15, 0.2) is 30.5 Å². The molecule has 0 aliphatic heterocycles. The number of hydrogen-bond acceptors (Lipinski definition) is 2. The van der Waals surface area contributed by atoms with Gasteiger partial charge in [-0.2, -0.15) is 0 Å². The zero-order chi connectivity index (χ0) is 10.8. The Hall–Kier alpha value is -1.48. The van der Waals surface area contributed by atoms with Gasteiger partial charge in [-0.05, 0) is 23.7 Å². The van der Waals surface area contributed by atoms with Crippen LogP contribution in [0, 0.1) is 0 Å². The lowest BCUT2D eigenvalue weighted by Crippen LogP contribution is -1.94. The lowest BCUT2D eigenvalue weighted by molar-refractivity contribution is 0.416. The molecule has 78 valence electrons. The lowest BCUT2D eigenvalue weighted by atomic mass is 10.1. The second-order valence-corrected chi connectivity index (χ2v) is 3.51. The van der Waals surface area contributed by atoms with Gasteiger partial charge in [0, 0.05) is 12.6 Å². The standard InChI is InChI=1S/C11H11ClN2O/c1-14-9(7-13-11(14)12)8-5-3-4-6-10(8)15-2/h3-7H,1-2H3.